The summed E-state index contributed by atoms with van der Waals surface area (Å²) in [6.07, 6.45) is 8.36. The minimum Gasteiger partial charge on any atom is -0.463 e. The van der Waals surface area contributed by atoms with E-state index in [2.05, 4.69) is 21.1 Å². The van der Waals surface area contributed by atoms with Crippen molar-refractivity contribution in [1.82, 2.24) is 20.1 Å². The number of nitrogens with zero attached hydrogens (tertiary/aromatic N) is 4. The summed E-state index contributed by atoms with van der Waals surface area (Å²) >= 11 is 7.63. The highest BCUT2D eigenvalue weighted by atomic mass is 35.5. The molecule has 0 aliphatic carbocycles. The van der Waals surface area contributed by atoms with Crippen molar-refractivity contribution < 1.29 is 14.3 Å². The molecule has 1 N–H and O–H groups in total. The number of esters is 1. The molecular weight excluding hydrogens is 474 g/mol. The van der Waals surface area contributed by atoms with Crippen LogP contribution in [0.1, 0.15) is 29.1 Å². The van der Waals surface area contributed by atoms with Crippen molar-refractivity contribution in [3.63, 3.8) is 0 Å². The van der Waals surface area contributed by atoms with Gasteiger partial charge in [0.05, 0.1) is 12.2 Å². The molecule has 1 atom stereocenters. The maximum Gasteiger partial charge on any atom is 0.338 e. The smallest absolute Gasteiger partial charge is 0.338 e. The zero-order valence-corrected chi connectivity index (χ0v) is 20.2. The molecule has 0 saturated carbocycles. The predicted octanol–water partition coefficient (Wildman–Crippen LogP) is 2.46. The highest BCUT2D eigenvalue weighted by Gasteiger charge is 2.35. The van der Waals surface area contributed by atoms with Gasteiger partial charge in [-0.2, -0.15) is 0 Å². The van der Waals surface area contributed by atoms with Crippen LogP contribution in [0.15, 0.2) is 46.0 Å². The lowest BCUT2D eigenvalue weighted by Gasteiger charge is -2.35. The minimum atomic E-state index is -0.686. The number of ether oxygens (including phenoxy) is 1. The molecule has 2 aromatic rings. The number of benzene rings is 1. The minimum absolute atomic E-state index is 0.228. The van der Waals surface area contributed by atoms with E-state index >= 15 is 0 Å². The van der Waals surface area contributed by atoms with E-state index in [4.69, 9.17) is 27.8 Å². The van der Waals surface area contributed by atoms with E-state index in [1.807, 2.05) is 5.38 Å². The van der Waals surface area contributed by atoms with Crippen molar-refractivity contribution in [3.05, 3.63) is 62.2 Å². The quantitative estimate of drug-likeness (QED) is 0.359. The molecule has 1 unspecified atom stereocenters. The standard InChI is InChI=1S/C24H24ClN5O3S/c1-3-16-13-17(25)5-6-18(16)21-20(24(32)33-4-2)19(14-29-8-10-30(15-31)11-9-29)27-22(28-21)23-26-7-12-34-23/h1,5-7,12-13,15,21H,4,8-11,14H2,2H3,(H,27,28). The first kappa shape index (κ1) is 24.0. The van der Waals surface area contributed by atoms with Gasteiger partial charge in [-0.1, -0.05) is 23.6 Å². The number of amides is 1. The van der Waals surface area contributed by atoms with Crippen LogP contribution in [-0.2, 0) is 14.3 Å². The average molecular weight is 498 g/mol. The number of hydrogen-bond acceptors (Lipinski definition) is 8. The summed E-state index contributed by atoms with van der Waals surface area (Å²) in [5.74, 6) is 2.78. The Labute approximate surface area is 207 Å². The lowest BCUT2D eigenvalue weighted by molar-refractivity contribution is -0.139. The van der Waals surface area contributed by atoms with Crippen LogP contribution < -0.4 is 5.32 Å². The van der Waals surface area contributed by atoms with Gasteiger partial charge >= 0.3 is 5.97 Å². The van der Waals surface area contributed by atoms with Crippen LogP contribution in [0, 0.1) is 12.3 Å². The second-order valence-corrected chi connectivity index (χ2v) is 9.08. The van der Waals surface area contributed by atoms with Crippen LogP contribution in [0.2, 0.25) is 5.02 Å². The topological polar surface area (TPSA) is 87.1 Å². The van der Waals surface area contributed by atoms with Crippen molar-refractivity contribution in [2.45, 2.75) is 13.0 Å². The fraction of sp³-hybridized carbons (Fsp3) is 0.333. The third-order valence-electron chi connectivity index (χ3n) is 5.66. The van der Waals surface area contributed by atoms with Crippen LogP contribution in [0.3, 0.4) is 0 Å². The molecule has 176 valence electrons. The van der Waals surface area contributed by atoms with Gasteiger partial charge in [0.2, 0.25) is 6.41 Å². The number of carbonyl (C=O) groups excluding carboxylic acids is 2. The third kappa shape index (κ3) is 5.14. The Balaban J connectivity index is 1.80. The summed E-state index contributed by atoms with van der Waals surface area (Å²) < 4.78 is 5.44. The summed E-state index contributed by atoms with van der Waals surface area (Å²) in [5, 5.41) is 6.41. The summed E-state index contributed by atoms with van der Waals surface area (Å²) in [4.78, 5) is 37.5. The van der Waals surface area contributed by atoms with Crippen molar-refractivity contribution >= 4 is 41.2 Å². The third-order valence-corrected chi connectivity index (χ3v) is 6.67. The largest absolute Gasteiger partial charge is 0.463 e. The van der Waals surface area contributed by atoms with Crippen LogP contribution in [-0.4, -0.2) is 72.3 Å². The van der Waals surface area contributed by atoms with Crippen molar-refractivity contribution in [2.75, 3.05) is 39.3 Å². The molecule has 1 aromatic heterocycles. The van der Waals surface area contributed by atoms with E-state index in [0.29, 0.717) is 71.0 Å². The molecule has 1 saturated heterocycles. The van der Waals surface area contributed by atoms with Crippen LogP contribution >= 0.6 is 22.9 Å². The van der Waals surface area contributed by atoms with Gasteiger partial charge in [-0.15, -0.1) is 17.8 Å². The van der Waals surface area contributed by atoms with Crippen LogP contribution in [0.25, 0.3) is 0 Å². The van der Waals surface area contributed by atoms with Gasteiger partial charge in [-0.3, -0.25) is 14.7 Å². The first-order chi connectivity index (χ1) is 16.5. The van der Waals surface area contributed by atoms with Gasteiger partial charge in [0, 0.05) is 60.6 Å². The Hall–Kier alpha value is -3.19. The number of aliphatic imine (C=N–C) groups is 1. The normalized spacial score (nSPS) is 18.7. The maximum absolute atomic E-state index is 13.2. The second kappa shape index (κ2) is 10.8. The first-order valence-electron chi connectivity index (χ1n) is 10.9. The molecule has 0 bridgehead atoms. The second-order valence-electron chi connectivity index (χ2n) is 7.75. The van der Waals surface area contributed by atoms with E-state index in [9.17, 15) is 9.59 Å². The summed E-state index contributed by atoms with van der Waals surface area (Å²) in [7, 11) is 0. The molecule has 34 heavy (non-hydrogen) atoms. The molecule has 0 radical (unpaired) electrons. The number of nitrogens with one attached hydrogen (secondary N) is 1. The molecule has 1 amide bonds. The summed E-state index contributed by atoms with van der Waals surface area (Å²) in [6, 6.07) is 4.54. The van der Waals surface area contributed by atoms with Gasteiger partial charge in [-0.05, 0) is 24.6 Å². The zero-order chi connectivity index (χ0) is 24.1. The van der Waals surface area contributed by atoms with Gasteiger partial charge in [0.1, 0.15) is 6.04 Å². The van der Waals surface area contributed by atoms with E-state index < -0.39 is 12.0 Å². The molecular formula is C24H24ClN5O3S. The first-order valence-corrected chi connectivity index (χ1v) is 12.1. The molecule has 4 rings (SSSR count). The number of piperazine rings is 1. The van der Waals surface area contributed by atoms with Gasteiger partial charge < -0.3 is 15.0 Å². The Morgan fingerprint density at radius 1 is 1.38 bits per heavy atom. The fourth-order valence-electron chi connectivity index (χ4n) is 3.99. The van der Waals surface area contributed by atoms with E-state index in [-0.39, 0.29) is 6.61 Å². The number of terminal acetylenes is 1. The van der Waals surface area contributed by atoms with Crippen LogP contribution in [0.4, 0.5) is 0 Å². The van der Waals surface area contributed by atoms with Crippen molar-refractivity contribution in [2.24, 2.45) is 4.99 Å². The molecule has 10 heteroatoms. The Kier molecular flexibility index (Phi) is 7.63. The highest BCUT2D eigenvalue weighted by Crippen LogP contribution is 2.35. The molecule has 2 aliphatic rings. The SMILES string of the molecule is C#Cc1cc(Cl)ccc1C1N=C(c2nccs2)NC(CN2CCN(C=O)CC2)=C1C(=O)OCC. The number of hydrogen-bond donors (Lipinski definition) is 1. The number of aromatic nitrogens is 1. The molecule has 2 aliphatic heterocycles. The molecule has 1 fully saturated rings. The lowest BCUT2D eigenvalue weighted by atomic mass is 9.92. The van der Waals surface area contributed by atoms with Gasteiger partial charge in [-0.25, -0.2) is 9.78 Å². The molecule has 3 heterocycles. The van der Waals surface area contributed by atoms with Gasteiger partial charge in [0.15, 0.2) is 10.8 Å². The number of thiazole rings is 1. The predicted molar refractivity (Wildman–Crippen MR) is 132 cm³/mol. The Morgan fingerprint density at radius 2 is 2.18 bits per heavy atom. The van der Waals surface area contributed by atoms with Gasteiger partial charge in [0.25, 0.3) is 0 Å². The number of amidine groups is 1. The number of rotatable bonds is 7. The zero-order valence-electron chi connectivity index (χ0n) is 18.7. The fourth-order valence-corrected chi connectivity index (χ4v) is 4.75. The lowest BCUT2D eigenvalue weighted by Crippen LogP contribution is -2.48. The Morgan fingerprint density at radius 3 is 2.82 bits per heavy atom. The van der Waals surface area contributed by atoms with E-state index in [0.717, 1.165) is 6.41 Å². The maximum atomic E-state index is 13.2. The average Bonchev–Trinajstić information content (AvgIpc) is 3.39. The Bertz CT molecular complexity index is 1160. The molecule has 8 nitrogen and oxygen atoms in total. The number of halogens is 1. The van der Waals surface area contributed by atoms with E-state index in [1.54, 1.807) is 36.2 Å². The van der Waals surface area contributed by atoms with Crippen LogP contribution in [0.5, 0.6) is 0 Å². The van der Waals surface area contributed by atoms with Crippen molar-refractivity contribution in [3.8, 4) is 12.3 Å². The molecule has 0 spiro atoms. The molecule has 1 aromatic carbocycles. The summed E-state index contributed by atoms with van der Waals surface area (Å²) in [5.41, 5.74) is 2.33. The van der Waals surface area contributed by atoms with E-state index in [1.165, 1.54) is 11.3 Å². The number of carbonyl (C=O) groups is 2. The summed E-state index contributed by atoms with van der Waals surface area (Å²) in [6.45, 7) is 5.08. The highest BCUT2D eigenvalue weighted by molar-refractivity contribution is 7.11. The van der Waals surface area contributed by atoms with Crippen molar-refractivity contribution in [1.29, 1.82) is 0 Å². The monoisotopic (exact) mass is 497 g/mol.